The minimum atomic E-state index is 0.183. The van der Waals surface area contributed by atoms with Crippen LogP contribution in [0, 0.1) is 40.4 Å². The Labute approximate surface area is 145 Å². The van der Waals surface area contributed by atoms with Crippen molar-refractivity contribution in [2.75, 3.05) is 0 Å². The predicted molar refractivity (Wildman–Crippen MR) is 95.3 cm³/mol. The van der Waals surface area contributed by atoms with Crippen molar-refractivity contribution in [3.05, 3.63) is 23.8 Å². The lowest BCUT2D eigenvalue weighted by Crippen LogP contribution is -2.49. The first-order chi connectivity index (χ1) is 11.4. The summed E-state index contributed by atoms with van der Waals surface area (Å²) in [6.07, 6.45) is 14.5. The van der Waals surface area contributed by atoms with Gasteiger partial charge in [-0.25, -0.2) is 0 Å². The van der Waals surface area contributed by atoms with Crippen LogP contribution in [-0.4, -0.2) is 12.1 Å². The first-order valence-electron chi connectivity index (χ1n) is 9.78. The summed E-state index contributed by atoms with van der Waals surface area (Å²) in [6.45, 7) is 6.97. The summed E-state index contributed by atoms with van der Waals surface area (Å²) < 4.78 is 0. The van der Waals surface area contributed by atoms with Gasteiger partial charge in [0.25, 0.3) is 0 Å². The highest BCUT2D eigenvalue weighted by Gasteiger charge is 2.58. The molecule has 2 saturated carbocycles. The van der Waals surface area contributed by atoms with E-state index in [2.05, 4.69) is 32.9 Å². The Morgan fingerprint density at radius 3 is 2.71 bits per heavy atom. The fraction of sp³-hybridized carbons (Fsp3) is 0.727. The molecule has 4 rings (SSSR count). The number of aldehydes is 1. The molecule has 0 aromatic rings. The molecule has 2 heteroatoms. The van der Waals surface area contributed by atoms with Crippen molar-refractivity contribution in [3.63, 3.8) is 0 Å². The Morgan fingerprint density at radius 2 is 1.96 bits per heavy atom. The lowest BCUT2D eigenvalue weighted by atomic mass is 9.48. The lowest BCUT2D eigenvalue weighted by molar-refractivity contribution is -0.116. The van der Waals surface area contributed by atoms with Gasteiger partial charge in [-0.1, -0.05) is 32.9 Å². The quantitative estimate of drug-likeness (QED) is 0.687. The van der Waals surface area contributed by atoms with Gasteiger partial charge in [0.2, 0.25) is 0 Å². The number of hydrogen-bond donors (Lipinski definition) is 0. The number of rotatable bonds is 2. The second-order valence-corrected chi connectivity index (χ2v) is 9.36. The maximum Gasteiger partial charge on any atom is 0.156 e. The van der Waals surface area contributed by atoms with Crippen LogP contribution in [0.4, 0.5) is 0 Å². The summed E-state index contributed by atoms with van der Waals surface area (Å²) in [7, 11) is 0. The van der Waals surface area contributed by atoms with E-state index in [4.69, 9.17) is 0 Å². The number of hydrogen-bond acceptors (Lipinski definition) is 2. The van der Waals surface area contributed by atoms with E-state index in [0.29, 0.717) is 41.3 Å². The number of fused-ring (bicyclic) bond motifs is 5. The zero-order valence-corrected chi connectivity index (χ0v) is 15.3. The first kappa shape index (κ1) is 16.3. The van der Waals surface area contributed by atoms with E-state index in [-0.39, 0.29) is 11.3 Å². The molecule has 0 unspecified atom stereocenters. The van der Waals surface area contributed by atoms with Crippen LogP contribution in [0.1, 0.15) is 59.3 Å². The van der Waals surface area contributed by atoms with Gasteiger partial charge in [-0.15, -0.1) is 0 Å². The molecule has 0 N–H and O–H groups in total. The van der Waals surface area contributed by atoms with Crippen molar-refractivity contribution >= 4 is 12.1 Å². The molecule has 4 aliphatic carbocycles. The Hall–Kier alpha value is -1.18. The maximum absolute atomic E-state index is 11.9. The van der Waals surface area contributed by atoms with E-state index in [9.17, 15) is 9.59 Å². The molecule has 0 spiro atoms. The van der Waals surface area contributed by atoms with Crippen molar-refractivity contribution in [3.8, 4) is 0 Å². The largest absolute Gasteiger partial charge is 0.303 e. The van der Waals surface area contributed by atoms with Crippen LogP contribution in [0.3, 0.4) is 0 Å². The standard InChI is InChI=1S/C22H30O2/c1-14(13-23)18-6-7-19-17-5-4-15-12-16(24)8-10-21(15,2)20(17)9-11-22(18,19)3/h4-5,12-14,17-20H,6-11H2,1-3H3/t14-,17+,18-,19+,20+,21+,22-/m1/s1. The topological polar surface area (TPSA) is 34.1 Å². The predicted octanol–water partition coefficient (Wildman–Crippen LogP) is 4.75. The summed E-state index contributed by atoms with van der Waals surface area (Å²) in [6, 6.07) is 0. The van der Waals surface area contributed by atoms with E-state index in [1.165, 1.54) is 37.5 Å². The van der Waals surface area contributed by atoms with Crippen molar-refractivity contribution in [1.29, 1.82) is 0 Å². The van der Waals surface area contributed by atoms with Crippen LogP contribution >= 0.6 is 0 Å². The van der Waals surface area contributed by atoms with Crippen LogP contribution in [0.2, 0.25) is 0 Å². The van der Waals surface area contributed by atoms with E-state index in [0.717, 1.165) is 6.42 Å². The van der Waals surface area contributed by atoms with Gasteiger partial charge in [-0.2, -0.15) is 0 Å². The van der Waals surface area contributed by atoms with Gasteiger partial charge >= 0.3 is 0 Å². The van der Waals surface area contributed by atoms with Gasteiger partial charge in [0.1, 0.15) is 6.29 Å². The third-order valence-corrected chi connectivity index (χ3v) is 8.44. The summed E-state index contributed by atoms with van der Waals surface area (Å²) in [5.74, 6) is 3.03. The highest BCUT2D eigenvalue weighted by molar-refractivity contribution is 5.92. The van der Waals surface area contributed by atoms with Crippen molar-refractivity contribution in [1.82, 2.24) is 0 Å². The van der Waals surface area contributed by atoms with Gasteiger partial charge in [-0.3, -0.25) is 4.79 Å². The third kappa shape index (κ3) is 2.07. The molecule has 0 bridgehead atoms. The Bertz CT molecular complexity index is 630. The lowest BCUT2D eigenvalue weighted by Gasteiger charge is -2.56. The molecule has 0 amide bonds. The molecule has 7 atom stereocenters. The molecule has 2 nitrogen and oxygen atoms in total. The van der Waals surface area contributed by atoms with Crippen molar-refractivity contribution in [2.24, 2.45) is 40.4 Å². The summed E-state index contributed by atoms with van der Waals surface area (Å²) in [5, 5.41) is 0. The summed E-state index contributed by atoms with van der Waals surface area (Å²) in [5.41, 5.74) is 1.77. The van der Waals surface area contributed by atoms with Gasteiger partial charge in [0, 0.05) is 12.3 Å². The average Bonchev–Trinajstić information content (AvgIpc) is 2.92. The highest BCUT2D eigenvalue weighted by atomic mass is 16.1. The summed E-state index contributed by atoms with van der Waals surface area (Å²) in [4.78, 5) is 23.3. The molecule has 0 aromatic carbocycles. The van der Waals surface area contributed by atoms with Crippen molar-refractivity contribution < 1.29 is 9.59 Å². The molecule has 0 radical (unpaired) electrons. The zero-order chi connectivity index (χ0) is 17.1. The van der Waals surface area contributed by atoms with Crippen LogP contribution in [0.15, 0.2) is 23.8 Å². The minimum Gasteiger partial charge on any atom is -0.303 e. The highest BCUT2D eigenvalue weighted by Crippen LogP contribution is 2.65. The maximum atomic E-state index is 11.9. The van der Waals surface area contributed by atoms with Crippen LogP contribution in [-0.2, 0) is 9.59 Å². The summed E-state index contributed by atoms with van der Waals surface area (Å²) >= 11 is 0. The molecule has 0 heterocycles. The first-order valence-corrected chi connectivity index (χ1v) is 9.78. The monoisotopic (exact) mass is 326 g/mol. The third-order valence-electron chi connectivity index (χ3n) is 8.44. The fourth-order valence-electron chi connectivity index (χ4n) is 7.00. The van der Waals surface area contributed by atoms with E-state index < -0.39 is 0 Å². The normalized spacial score (nSPS) is 48.1. The smallest absolute Gasteiger partial charge is 0.156 e. The molecule has 0 aliphatic heterocycles. The minimum absolute atomic E-state index is 0.183. The van der Waals surface area contributed by atoms with Gasteiger partial charge in [-0.05, 0) is 78.3 Å². The second kappa shape index (κ2) is 5.41. The van der Waals surface area contributed by atoms with Gasteiger partial charge in [0.05, 0.1) is 0 Å². The molecule has 0 saturated heterocycles. The Morgan fingerprint density at radius 1 is 1.17 bits per heavy atom. The molecule has 130 valence electrons. The SMILES string of the molecule is C[C@H](C=O)[C@H]1CC[C@H]2[C@@H]3C=CC4=CC(=O)CC[C@]4(C)[C@H]3CC[C@]12C. The second-order valence-electron chi connectivity index (χ2n) is 9.36. The molecular weight excluding hydrogens is 296 g/mol. The van der Waals surface area contributed by atoms with E-state index in [1.54, 1.807) is 0 Å². The van der Waals surface area contributed by atoms with E-state index in [1.807, 2.05) is 6.08 Å². The Balaban J connectivity index is 1.70. The number of carbonyl (C=O) groups excluding carboxylic acids is 2. The average molecular weight is 326 g/mol. The van der Waals surface area contributed by atoms with Gasteiger partial charge in [0.15, 0.2) is 5.78 Å². The number of ketones is 1. The molecule has 2 fully saturated rings. The van der Waals surface area contributed by atoms with Crippen LogP contribution in [0.5, 0.6) is 0 Å². The fourth-order valence-corrected chi connectivity index (χ4v) is 7.00. The van der Waals surface area contributed by atoms with Crippen LogP contribution < -0.4 is 0 Å². The Kier molecular flexibility index (Phi) is 3.67. The molecular formula is C22H30O2. The zero-order valence-electron chi connectivity index (χ0n) is 15.3. The number of allylic oxidation sites excluding steroid dienone is 4. The van der Waals surface area contributed by atoms with E-state index >= 15 is 0 Å². The molecule has 0 aromatic heterocycles. The van der Waals surface area contributed by atoms with Crippen molar-refractivity contribution in [2.45, 2.75) is 59.3 Å². The molecule has 4 aliphatic rings. The molecule has 24 heavy (non-hydrogen) atoms. The number of carbonyl (C=O) groups is 2. The van der Waals surface area contributed by atoms with Crippen LogP contribution in [0.25, 0.3) is 0 Å². The van der Waals surface area contributed by atoms with Gasteiger partial charge < -0.3 is 4.79 Å².